The number of hydrogen-bond acceptors (Lipinski definition) is 2. The molecule has 0 aliphatic heterocycles. The molecule has 4 heteroatoms. The van der Waals surface area contributed by atoms with Gasteiger partial charge >= 0.3 is 0 Å². The summed E-state index contributed by atoms with van der Waals surface area (Å²) in [5.74, 6) is -0.167. The first-order chi connectivity index (χ1) is 7.65. The SMILES string of the molecule is C=C(C)C(NC=S)C(=O)Nc1ccccc1. The number of thiocarbonyl (C=S) groups is 1. The van der Waals surface area contributed by atoms with E-state index in [-0.39, 0.29) is 5.91 Å². The van der Waals surface area contributed by atoms with Crippen molar-refractivity contribution in [1.29, 1.82) is 0 Å². The fourth-order valence-electron chi connectivity index (χ4n) is 1.25. The molecule has 1 aromatic rings. The van der Waals surface area contributed by atoms with Gasteiger partial charge in [-0.2, -0.15) is 0 Å². The molecule has 1 aromatic carbocycles. The Morgan fingerprint density at radius 2 is 2.06 bits per heavy atom. The molecular formula is C12H14N2OS. The molecule has 16 heavy (non-hydrogen) atoms. The summed E-state index contributed by atoms with van der Waals surface area (Å²) in [6, 6.07) is 8.77. The van der Waals surface area contributed by atoms with Crippen molar-refractivity contribution in [3.8, 4) is 0 Å². The lowest BCUT2D eigenvalue weighted by molar-refractivity contribution is -0.117. The fraction of sp³-hybridized carbons (Fsp3) is 0.167. The van der Waals surface area contributed by atoms with Gasteiger partial charge in [-0.25, -0.2) is 0 Å². The van der Waals surface area contributed by atoms with Crippen molar-refractivity contribution in [3.63, 3.8) is 0 Å². The molecule has 1 amide bonds. The van der Waals surface area contributed by atoms with Crippen molar-refractivity contribution >= 4 is 29.3 Å². The van der Waals surface area contributed by atoms with Crippen molar-refractivity contribution in [1.82, 2.24) is 5.32 Å². The molecule has 0 radical (unpaired) electrons. The minimum absolute atomic E-state index is 0.167. The minimum Gasteiger partial charge on any atom is -0.367 e. The van der Waals surface area contributed by atoms with Gasteiger partial charge in [0.2, 0.25) is 0 Å². The van der Waals surface area contributed by atoms with Gasteiger partial charge in [0.15, 0.2) is 0 Å². The molecule has 0 fully saturated rings. The number of anilines is 1. The lowest BCUT2D eigenvalue weighted by atomic mass is 10.1. The molecule has 84 valence electrons. The van der Waals surface area contributed by atoms with Gasteiger partial charge in [-0.1, -0.05) is 37.0 Å². The third-order valence-electron chi connectivity index (χ3n) is 2.03. The zero-order valence-corrected chi connectivity index (χ0v) is 9.88. The number of amides is 1. The Bertz CT molecular complexity index is 389. The van der Waals surface area contributed by atoms with Crippen LogP contribution in [-0.2, 0) is 4.79 Å². The van der Waals surface area contributed by atoms with E-state index in [1.54, 1.807) is 6.92 Å². The number of rotatable bonds is 5. The highest BCUT2D eigenvalue weighted by Crippen LogP contribution is 2.07. The van der Waals surface area contributed by atoms with Crippen LogP contribution in [0.5, 0.6) is 0 Å². The maximum Gasteiger partial charge on any atom is 0.251 e. The lowest BCUT2D eigenvalue weighted by Gasteiger charge is -2.16. The molecule has 0 saturated carbocycles. The molecule has 2 N–H and O–H groups in total. The summed E-state index contributed by atoms with van der Waals surface area (Å²) in [7, 11) is 0. The van der Waals surface area contributed by atoms with E-state index in [1.807, 2.05) is 30.3 Å². The summed E-state index contributed by atoms with van der Waals surface area (Å²) in [4.78, 5) is 11.8. The quantitative estimate of drug-likeness (QED) is 0.605. The van der Waals surface area contributed by atoms with E-state index in [4.69, 9.17) is 0 Å². The highest BCUT2D eigenvalue weighted by molar-refractivity contribution is 7.78. The largest absolute Gasteiger partial charge is 0.367 e. The summed E-state index contributed by atoms with van der Waals surface area (Å²) in [6.07, 6.45) is 0. The second-order valence-electron chi connectivity index (χ2n) is 3.42. The highest BCUT2D eigenvalue weighted by Gasteiger charge is 2.17. The van der Waals surface area contributed by atoms with Crippen LogP contribution in [0, 0.1) is 0 Å². The predicted octanol–water partition coefficient (Wildman–Crippen LogP) is 2.12. The molecule has 0 spiro atoms. The number of hydrogen-bond donors (Lipinski definition) is 2. The van der Waals surface area contributed by atoms with Crippen LogP contribution in [0.3, 0.4) is 0 Å². The zero-order chi connectivity index (χ0) is 12.0. The van der Waals surface area contributed by atoms with Gasteiger partial charge in [-0.15, -0.1) is 0 Å². The summed E-state index contributed by atoms with van der Waals surface area (Å²) < 4.78 is 0. The molecule has 0 aromatic heterocycles. The Morgan fingerprint density at radius 3 is 2.56 bits per heavy atom. The van der Waals surface area contributed by atoms with Gasteiger partial charge in [0.05, 0.1) is 5.49 Å². The van der Waals surface area contributed by atoms with Gasteiger partial charge in [0.1, 0.15) is 6.04 Å². The maximum atomic E-state index is 11.8. The second kappa shape index (κ2) is 6.02. The lowest BCUT2D eigenvalue weighted by Crippen LogP contribution is -2.40. The van der Waals surface area contributed by atoms with Crippen LogP contribution < -0.4 is 10.6 Å². The van der Waals surface area contributed by atoms with Gasteiger partial charge in [0.25, 0.3) is 5.91 Å². The molecule has 1 unspecified atom stereocenters. The summed E-state index contributed by atoms with van der Waals surface area (Å²) in [5, 5.41) is 5.56. The predicted molar refractivity (Wildman–Crippen MR) is 70.5 cm³/mol. The van der Waals surface area contributed by atoms with Gasteiger partial charge in [-0.3, -0.25) is 4.79 Å². The average molecular weight is 234 g/mol. The molecule has 0 saturated heterocycles. The molecule has 1 atom stereocenters. The van der Waals surface area contributed by atoms with Crippen LogP contribution in [0.2, 0.25) is 0 Å². The first-order valence-corrected chi connectivity index (χ1v) is 5.33. The van der Waals surface area contributed by atoms with E-state index in [0.717, 1.165) is 11.3 Å². The second-order valence-corrected chi connectivity index (χ2v) is 3.65. The van der Waals surface area contributed by atoms with E-state index in [0.29, 0.717) is 0 Å². The van der Waals surface area contributed by atoms with E-state index < -0.39 is 6.04 Å². The Morgan fingerprint density at radius 1 is 1.44 bits per heavy atom. The number of carbonyl (C=O) groups is 1. The van der Waals surface area contributed by atoms with Gasteiger partial charge < -0.3 is 10.6 Å². The summed E-state index contributed by atoms with van der Waals surface area (Å²) in [6.45, 7) is 5.53. The zero-order valence-electron chi connectivity index (χ0n) is 9.07. The highest BCUT2D eigenvalue weighted by atomic mass is 32.1. The number of carbonyl (C=O) groups excluding carboxylic acids is 1. The average Bonchev–Trinajstić information content (AvgIpc) is 2.26. The molecule has 0 aliphatic carbocycles. The van der Waals surface area contributed by atoms with Crippen LogP contribution in [0.1, 0.15) is 6.92 Å². The standard InChI is InChI=1S/C12H14N2OS/c1-9(2)11(13-8-16)12(15)14-10-6-4-3-5-7-10/h3-8,11H,1H2,2H3,(H,13,16)(H,14,15). The van der Waals surface area contributed by atoms with E-state index in [9.17, 15) is 4.79 Å². The Balaban J connectivity index is 2.69. The van der Waals surface area contributed by atoms with Crippen LogP contribution in [-0.4, -0.2) is 17.4 Å². The van der Waals surface area contributed by atoms with E-state index in [1.165, 1.54) is 5.49 Å². The molecule has 1 rings (SSSR count). The third-order valence-corrected chi connectivity index (χ3v) is 2.17. The molecule has 0 bridgehead atoms. The van der Waals surface area contributed by atoms with E-state index >= 15 is 0 Å². The molecule has 0 heterocycles. The minimum atomic E-state index is -0.488. The smallest absolute Gasteiger partial charge is 0.251 e. The Labute approximate surface area is 101 Å². The summed E-state index contributed by atoms with van der Waals surface area (Å²) >= 11 is 4.67. The van der Waals surface area contributed by atoms with Crippen LogP contribution >= 0.6 is 12.2 Å². The van der Waals surface area contributed by atoms with Crippen LogP contribution in [0.15, 0.2) is 42.5 Å². The van der Waals surface area contributed by atoms with Gasteiger partial charge in [-0.05, 0) is 24.6 Å². The van der Waals surface area contributed by atoms with Crippen molar-refractivity contribution in [2.24, 2.45) is 0 Å². The third kappa shape index (κ3) is 3.47. The Hall–Kier alpha value is -1.68. The van der Waals surface area contributed by atoms with Crippen molar-refractivity contribution in [2.45, 2.75) is 13.0 Å². The molecular weight excluding hydrogens is 220 g/mol. The van der Waals surface area contributed by atoms with Crippen molar-refractivity contribution in [2.75, 3.05) is 5.32 Å². The topological polar surface area (TPSA) is 41.1 Å². The van der Waals surface area contributed by atoms with E-state index in [2.05, 4.69) is 29.4 Å². The molecule has 3 nitrogen and oxygen atoms in total. The monoisotopic (exact) mass is 234 g/mol. The van der Waals surface area contributed by atoms with Gasteiger partial charge in [0, 0.05) is 5.69 Å². The van der Waals surface area contributed by atoms with Crippen LogP contribution in [0.4, 0.5) is 5.69 Å². The fourth-order valence-corrected chi connectivity index (χ4v) is 1.38. The molecule has 0 aliphatic rings. The van der Waals surface area contributed by atoms with Crippen molar-refractivity contribution < 1.29 is 4.79 Å². The first kappa shape index (κ1) is 12.4. The Kier molecular flexibility index (Phi) is 4.66. The number of benzene rings is 1. The normalized spacial score (nSPS) is 11.3. The number of para-hydroxylation sites is 1. The first-order valence-electron chi connectivity index (χ1n) is 4.86. The van der Waals surface area contributed by atoms with Crippen LogP contribution in [0.25, 0.3) is 0 Å². The summed E-state index contributed by atoms with van der Waals surface area (Å²) in [5.41, 5.74) is 2.80. The maximum absolute atomic E-state index is 11.8. The van der Waals surface area contributed by atoms with Crippen molar-refractivity contribution in [3.05, 3.63) is 42.5 Å². The number of nitrogens with one attached hydrogen (secondary N) is 2.